The predicted molar refractivity (Wildman–Crippen MR) is 95.0 cm³/mol. The first-order valence-electron chi connectivity index (χ1n) is 8.54. The molecule has 2 aromatic heterocycles. The third-order valence-electron chi connectivity index (χ3n) is 4.41. The number of thiophene rings is 1. The molecule has 2 N–H and O–H groups in total. The lowest BCUT2D eigenvalue weighted by Crippen LogP contribution is -2.28. The van der Waals surface area contributed by atoms with Crippen molar-refractivity contribution in [1.29, 1.82) is 0 Å². The van der Waals surface area contributed by atoms with Crippen LogP contribution in [0, 0.1) is 0 Å². The molecule has 0 aliphatic heterocycles. The Balaban J connectivity index is 1.64. The Labute approximate surface area is 148 Å². The average molecular weight is 363 g/mol. The molecule has 0 saturated carbocycles. The summed E-state index contributed by atoms with van der Waals surface area (Å²) in [7, 11) is 0. The molecule has 7 nitrogen and oxygen atoms in total. The lowest BCUT2D eigenvalue weighted by atomic mass is 9.97. The lowest BCUT2D eigenvalue weighted by Gasteiger charge is -2.10. The van der Waals surface area contributed by atoms with Crippen LogP contribution in [0.1, 0.15) is 42.5 Å². The second-order valence-electron chi connectivity index (χ2n) is 6.23. The topological polar surface area (TPSA) is 101 Å². The summed E-state index contributed by atoms with van der Waals surface area (Å²) in [5.74, 6) is -1.07. The van der Waals surface area contributed by atoms with Gasteiger partial charge in [-0.2, -0.15) is 0 Å². The predicted octanol–water partition coefficient (Wildman–Crippen LogP) is 1.71. The van der Waals surface area contributed by atoms with Crippen molar-refractivity contribution < 1.29 is 14.7 Å². The van der Waals surface area contributed by atoms with Crippen molar-refractivity contribution >= 4 is 33.4 Å². The van der Waals surface area contributed by atoms with Gasteiger partial charge in [0.2, 0.25) is 5.91 Å². The number of aryl methyl sites for hydroxylation is 3. The number of carbonyl (C=O) groups is 2. The minimum absolute atomic E-state index is 0.0313. The van der Waals surface area contributed by atoms with Crippen molar-refractivity contribution in [1.82, 2.24) is 14.9 Å². The van der Waals surface area contributed by atoms with Crippen LogP contribution in [0.4, 0.5) is 0 Å². The number of carbonyl (C=O) groups excluding carboxylic acids is 1. The molecule has 8 heteroatoms. The van der Waals surface area contributed by atoms with Crippen LogP contribution in [0.5, 0.6) is 0 Å². The van der Waals surface area contributed by atoms with Crippen molar-refractivity contribution in [2.75, 3.05) is 6.54 Å². The van der Waals surface area contributed by atoms with E-state index in [1.165, 1.54) is 15.8 Å². The smallest absolute Gasteiger partial charge is 0.303 e. The second-order valence-corrected chi connectivity index (χ2v) is 7.32. The van der Waals surface area contributed by atoms with Gasteiger partial charge in [-0.1, -0.05) is 0 Å². The highest BCUT2D eigenvalue weighted by atomic mass is 32.1. The van der Waals surface area contributed by atoms with Gasteiger partial charge in [0.25, 0.3) is 5.56 Å². The van der Waals surface area contributed by atoms with Crippen LogP contribution in [0.3, 0.4) is 0 Å². The van der Waals surface area contributed by atoms with Gasteiger partial charge in [-0.3, -0.25) is 19.0 Å². The minimum Gasteiger partial charge on any atom is -0.481 e. The molecule has 0 saturated heterocycles. The van der Waals surface area contributed by atoms with E-state index in [0.717, 1.165) is 41.5 Å². The molecule has 1 amide bonds. The Bertz CT molecular complexity index is 855. The van der Waals surface area contributed by atoms with Crippen LogP contribution in [0.25, 0.3) is 10.2 Å². The monoisotopic (exact) mass is 363 g/mol. The maximum absolute atomic E-state index is 12.7. The Kier molecular flexibility index (Phi) is 5.47. The van der Waals surface area contributed by atoms with Crippen LogP contribution in [-0.4, -0.2) is 33.1 Å². The number of nitrogens with one attached hydrogen (secondary N) is 1. The minimum atomic E-state index is -0.876. The van der Waals surface area contributed by atoms with Crippen molar-refractivity contribution in [3.63, 3.8) is 0 Å². The fourth-order valence-electron chi connectivity index (χ4n) is 3.12. The largest absolute Gasteiger partial charge is 0.481 e. The molecule has 134 valence electrons. The summed E-state index contributed by atoms with van der Waals surface area (Å²) in [6.07, 6.45) is 6.34. The number of nitrogens with zero attached hydrogens (tertiary/aromatic N) is 2. The highest BCUT2D eigenvalue weighted by Crippen LogP contribution is 2.33. The van der Waals surface area contributed by atoms with E-state index >= 15 is 0 Å². The summed E-state index contributed by atoms with van der Waals surface area (Å²) in [5, 5.41) is 12.0. The molecule has 0 bridgehead atoms. The average Bonchev–Trinajstić information content (AvgIpc) is 2.97. The van der Waals surface area contributed by atoms with Crippen molar-refractivity contribution in [3.05, 3.63) is 27.1 Å². The van der Waals surface area contributed by atoms with E-state index in [0.29, 0.717) is 13.0 Å². The normalized spacial score (nSPS) is 13.6. The van der Waals surface area contributed by atoms with Gasteiger partial charge >= 0.3 is 5.97 Å². The number of hydrogen-bond donors (Lipinski definition) is 2. The van der Waals surface area contributed by atoms with E-state index in [4.69, 9.17) is 5.11 Å². The molecule has 0 atom stereocenters. The molecule has 25 heavy (non-hydrogen) atoms. The summed E-state index contributed by atoms with van der Waals surface area (Å²) in [4.78, 5) is 41.5. The first kappa shape index (κ1) is 17.6. The molecule has 0 unspecified atom stereocenters. The maximum atomic E-state index is 12.7. The molecular weight excluding hydrogens is 342 g/mol. The van der Waals surface area contributed by atoms with Crippen molar-refractivity contribution in [3.8, 4) is 0 Å². The molecular formula is C17H21N3O4S. The van der Waals surface area contributed by atoms with E-state index in [2.05, 4.69) is 10.3 Å². The number of fused-ring (bicyclic) bond motifs is 3. The number of aromatic nitrogens is 2. The molecule has 0 fully saturated rings. The Morgan fingerprint density at radius 3 is 2.88 bits per heavy atom. The molecule has 1 aliphatic carbocycles. The molecule has 0 spiro atoms. The molecule has 3 rings (SSSR count). The Morgan fingerprint density at radius 1 is 1.28 bits per heavy atom. The van der Waals surface area contributed by atoms with Gasteiger partial charge in [0.1, 0.15) is 4.83 Å². The molecule has 0 radical (unpaired) electrons. The summed E-state index contributed by atoms with van der Waals surface area (Å²) < 4.78 is 1.50. The number of rotatable bonds is 7. The molecule has 1 aliphatic rings. The van der Waals surface area contributed by atoms with Crippen LogP contribution in [0.2, 0.25) is 0 Å². The fraction of sp³-hybridized carbons (Fsp3) is 0.529. The van der Waals surface area contributed by atoms with Gasteiger partial charge < -0.3 is 10.4 Å². The van der Waals surface area contributed by atoms with E-state index in [1.807, 2.05) is 0 Å². The highest BCUT2D eigenvalue weighted by molar-refractivity contribution is 7.18. The molecule has 0 aromatic carbocycles. The van der Waals surface area contributed by atoms with E-state index in [1.54, 1.807) is 11.3 Å². The Morgan fingerprint density at radius 2 is 2.08 bits per heavy atom. The van der Waals surface area contributed by atoms with E-state index < -0.39 is 5.97 Å². The third-order valence-corrected chi connectivity index (χ3v) is 5.61. The van der Waals surface area contributed by atoms with Crippen molar-refractivity contribution in [2.45, 2.75) is 51.5 Å². The summed E-state index contributed by atoms with van der Waals surface area (Å²) in [5.41, 5.74) is 1.08. The van der Waals surface area contributed by atoms with Crippen LogP contribution in [0.15, 0.2) is 11.1 Å². The zero-order valence-electron chi connectivity index (χ0n) is 13.9. The van der Waals surface area contributed by atoms with Gasteiger partial charge in [0.05, 0.1) is 11.7 Å². The number of carboxylic acid groups (broad SMARTS) is 1. The fourth-order valence-corrected chi connectivity index (χ4v) is 4.34. The van der Waals surface area contributed by atoms with Gasteiger partial charge in [-0.15, -0.1) is 11.3 Å². The summed E-state index contributed by atoms with van der Waals surface area (Å²) >= 11 is 1.61. The van der Waals surface area contributed by atoms with Gasteiger partial charge in [-0.05, 0) is 37.7 Å². The summed E-state index contributed by atoms with van der Waals surface area (Å²) in [6.45, 7) is 0.604. The van der Waals surface area contributed by atoms with E-state index in [9.17, 15) is 14.4 Å². The first-order chi connectivity index (χ1) is 12.1. The Hall–Kier alpha value is -2.22. The van der Waals surface area contributed by atoms with Gasteiger partial charge in [-0.25, -0.2) is 4.98 Å². The zero-order valence-corrected chi connectivity index (χ0v) is 14.7. The first-order valence-corrected chi connectivity index (χ1v) is 9.36. The number of amides is 1. The highest BCUT2D eigenvalue weighted by Gasteiger charge is 2.20. The van der Waals surface area contributed by atoms with Crippen molar-refractivity contribution in [2.24, 2.45) is 0 Å². The molecule has 2 aromatic rings. The number of aliphatic carboxylic acids is 1. The third kappa shape index (κ3) is 4.07. The van der Waals surface area contributed by atoms with Crippen LogP contribution < -0.4 is 10.9 Å². The second kappa shape index (κ2) is 7.77. The van der Waals surface area contributed by atoms with Gasteiger partial charge in [0, 0.05) is 30.8 Å². The zero-order chi connectivity index (χ0) is 17.8. The number of hydrogen-bond acceptors (Lipinski definition) is 5. The van der Waals surface area contributed by atoms with Gasteiger partial charge in [0.15, 0.2) is 0 Å². The standard InChI is InChI=1S/C17H21N3O4S/c21-13(18-8-3-6-14(22)23)7-9-20-10-19-16-15(17(20)24)11-4-1-2-5-12(11)25-16/h10H,1-9H2,(H,18,21)(H,22,23). The SMILES string of the molecule is O=C(O)CCCNC(=O)CCn1cnc2sc3c(c2c1=O)CCCC3. The number of carboxylic acids is 1. The quantitative estimate of drug-likeness (QED) is 0.729. The van der Waals surface area contributed by atoms with E-state index in [-0.39, 0.29) is 30.9 Å². The van der Waals surface area contributed by atoms with Crippen LogP contribution in [-0.2, 0) is 29.0 Å². The lowest BCUT2D eigenvalue weighted by molar-refractivity contribution is -0.137. The maximum Gasteiger partial charge on any atom is 0.303 e. The van der Waals surface area contributed by atoms with Crippen LogP contribution >= 0.6 is 11.3 Å². The molecule has 2 heterocycles. The summed E-state index contributed by atoms with van der Waals surface area (Å²) in [6, 6.07) is 0.